The molecule has 1 unspecified atom stereocenters. The van der Waals surface area contributed by atoms with Gasteiger partial charge < -0.3 is 29.6 Å². The smallest absolute Gasteiger partial charge is 0.191 e. The fourth-order valence-electron chi connectivity index (χ4n) is 4.41. The Morgan fingerprint density at radius 1 is 1.09 bits per heavy atom. The van der Waals surface area contributed by atoms with Gasteiger partial charge in [-0.15, -0.1) is 34.2 Å². The third-order valence-corrected chi connectivity index (χ3v) is 6.14. The molecule has 33 heavy (non-hydrogen) atoms. The number of benzene rings is 1. The second kappa shape index (κ2) is 12.3. The largest absolute Gasteiger partial charge is 0.497 e. The van der Waals surface area contributed by atoms with E-state index in [9.17, 15) is 0 Å². The first kappa shape index (κ1) is 25.4. The molecule has 182 valence electrons. The minimum Gasteiger partial charge on any atom is -0.497 e. The molecule has 3 heterocycles. The highest BCUT2D eigenvalue weighted by molar-refractivity contribution is 14.0. The SMILES string of the molecule is CCNC(=NCc1nnc2n1CCCCC2)NC1CCN(c2cc(OC)cc(OC)c2)C1.I. The van der Waals surface area contributed by atoms with E-state index in [0.717, 1.165) is 73.8 Å². The lowest BCUT2D eigenvalue weighted by Gasteiger charge is -2.21. The maximum atomic E-state index is 5.43. The van der Waals surface area contributed by atoms with Crippen molar-refractivity contribution in [2.45, 2.75) is 58.2 Å². The standard InChI is InChI=1S/C23H35N7O2.HI/c1-4-24-23(25-15-22-28-27-21-8-6-5-7-10-30(21)22)26-17-9-11-29(16-17)18-12-19(31-2)14-20(13-18)32-3;/h12-14,17H,4-11,15-16H2,1-3H3,(H2,24,25,26);1H. The molecule has 1 atom stereocenters. The van der Waals surface area contributed by atoms with Crippen LogP contribution < -0.4 is 25.0 Å². The molecule has 0 spiro atoms. The molecule has 2 aromatic rings. The van der Waals surface area contributed by atoms with Gasteiger partial charge in [-0.05, 0) is 26.2 Å². The van der Waals surface area contributed by atoms with Gasteiger partial charge in [0.1, 0.15) is 23.9 Å². The number of nitrogens with one attached hydrogen (secondary N) is 2. The number of methoxy groups -OCH3 is 2. The van der Waals surface area contributed by atoms with Gasteiger partial charge in [0.15, 0.2) is 11.8 Å². The fraction of sp³-hybridized carbons (Fsp3) is 0.609. The van der Waals surface area contributed by atoms with Crippen LogP contribution in [0.15, 0.2) is 23.2 Å². The summed E-state index contributed by atoms with van der Waals surface area (Å²) in [6.07, 6.45) is 5.69. The van der Waals surface area contributed by atoms with Crippen molar-refractivity contribution in [2.24, 2.45) is 4.99 Å². The lowest BCUT2D eigenvalue weighted by molar-refractivity contribution is 0.394. The number of aromatic nitrogens is 3. The van der Waals surface area contributed by atoms with Gasteiger partial charge in [0.05, 0.1) is 14.2 Å². The molecule has 0 saturated carbocycles. The molecule has 1 saturated heterocycles. The summed E-state index contributed by atoms with van der Waals surface area (Å²) in [5.74, 6) is 4.49. The molecular formula is C23H36IN7O2. The van der Waals surface area contributed by atoms with E-state index in [1.165, 1.54) is 19.3 Å². The van der Waals surface area contributed by atoms with Gasteiger partial charge in [-0.3, -0.25) is 0 Å². The maximum Gasteiger partial charge on any atom is 0.191 e. The van der Waals surface area contributed by atoms with Gasteiger partial charge in [-0.25, -0.2) is 4.99 Å². The summed E-state index contributed by atoms with van der Waals surface area (Å²) < 4.78 is 13.1. The number of hydrogen-bond donors (Lipinski definition) is 2. The Bertz CT molecular complexity index is 911. The number of aliphatic imine (C=N–C) groups is 1. The number of anilines is 1. The summed E-state index contributed by atoms with van der Waals surface area (Å²) in [5, 5.41) is 15.8. The Kier molecular flexibility index (Phi) is 9.45. The number of rotatable bonds is 7. The van der Waals surface area contributed by atoms with Gasteiger partial charge in [0.25, 0.3) is 0 Å². The first-order valence-corrected chi connectivity index (χ1v) is 11.6. The highest BCUT2D eigenvalue weighted by Gasteiger charge is 2.24. The molecule has 4 rings (SSSR count). The van der Waals surface area contributed by atoms with Crippen LogP contribution in [0.3, 0.4) is 0 Å². The average molecular weight is 569 g/mol. The summed E-state index contributed by atoms with van der Waals surface area (Å²) in [6, 6.07) is 6.32. The van der Waals surface area contributed by atoms with Crippen LogP contribution in [0, 0.1) is 0 Å². The second-order valence-electron chi connectivity index (χ2n) is 8.34. The van der Waals surface area contributed by atoms with E-state index in [1.807, 2.05) is 6.07 Å². The molecule has 10 heteroatoms. The van der Waals surface area contributed by atoms with E-state index >= 15 is 0 Å². The number of ether oxygens (including phenoxy) is 2. The first-order chi connectivity index (χ1) is 15.7. The van der Waals surface area contributed by atoms with Gasteiger partial charge >= 0.3 is 0 Å². The molecule has 2 aliphatic heterocycles. The van der Waals surface area contributed by atoms with Crippen LogP contribution in [0.1, 0.15) is 44.3 Å². The highest BCUT2D eigenvalue weighted by atomic mass is 127. The van der Waals surface area contributed by atoms with Crippen molar-refractivity contribution in [3.05, 3.63) is 29.8 Å². The van der Waals surface area contributed by atoms with Gasteiger partial charge in [0, 0.05) is 62.5 Å². The van der Waals surface area contributed by atoms with E-state index in [4.69, 9.17) is 14.5 Å². The summed E-state index contributed by atoms with van der Waals surface area (Å²) in [4.78, 5) is 7.18. The van der Waals surface area contributed by atoms with Crippen LogP contribution in [-0.4, -0.2) is 60.6 Å². The van der Waals surface area contributed by atoms with Crippen molar-refractivity contribution in [3.63, 3.8) is 0 Å². The highest BCUT2D eigenvalue weighted by Crippen LogP contribution is 2.30. The molecule has 2 N–H and O–H groups in total. The van der Waals surface area contributed by atoms with Crippen LogP contribution in [0.25, 0.3) is 0 Å². The zero-order valence-electron chi connectivity index (χ0n) is 19.8. The quantitative estimate of drug-likeness (QED) is 0.301. The van der Waals surface area contributed by atoms with Gasteiger partial charge in [-0.1, -0.05) is 6.42 Å². The van der Waals surface area contributed by atoms with Crippen molar-refractivity contribution in [2.75, 3.05) is 38.8 Å². The van der Waals surface area contributed by atoms with Crippen LogP contribution in [0.4, 0.5) is 5.69 Å². The van der Waals surface area contributed by atoms with Crippen LogP contribution in [0.2, 0.25) is 0 Å². The zero-order chi connectivity index (χ0) is 22.3. The normalized spacial score (nSPS) is 18.2. The second-order valence-corrected chi connectivity index (χ2v) is 8.34. The topological polar surface area (TPSA) is 88.8 Å². The number of guanidine groups is 1. The monoisotopic (exact) mass is 569 g/mol. The molecule has 0 bridgehead atoms. The number of fused-ring (bicyclic) bond motifs is 1. The van der Waals surface area contributed by atoms with E-state index < -0.39 is 0 Å². The number of nitrogens with zero attached hydrogens (tertiary/aromatic N) is 5. The van der Waals surface area contributed by atoms with E-state index in [-0.39, 0.29) is 24.0 Å². The third-order valence-electron chi connectivity index (χ3n) is 6.14. The Hall–Kier alpha value is -2.24. The predicted octanol–water partition coefficient (Wildman–Crippen LogP) is 2.97. The lowest BCUT2D eigenvalue weighted by Crippen LogP contribution is -2.44. The molecule has 0 aliphatic carbocycles. The van der Waals surface area contributed by atoms with Crippen LogP contribution >= 0.6 is 24.0 Å². The average Bonchev–Trinajstić information content (AvgIpc) is 3.37. The Morgan fingerprint density at radius 3 is 2.61 bits per heavy atom. The predicted molar refractivity (Wildman–Crippen MR) is 141 cm³/mol. The van der Waals surface area contributed by atoms with Gasteiger partial charge in [0.2, 0.25) is 0 Å². The minimum atomic E-state index is 0. The maximum absolute atomic E-state index is 5.43. The minimum absolute atomic E-state index is 0. The molecule has 0 radical (unpaired) electrons. The Labute approximate surface area is 213 Å². The molecule has 1 aromatic carbocycles. The molecule has 0 amide bonds. The van der Waals surface area contributed by atoms with Crippen molar-refractivity contribution in [3.8, 4) is 11.5 Å². The van der Waals surface area contributed by atoms with Crippen LogP contribution in [-0.2, 0) is 19.5 Å². The Morgan fingerprint density at radius 2 is 1.88 bits per heavy atom. The number of aryl methyl sites for hydroxylation is 1. The lowest BCUT2D eigenvalue weighted by atomic mass is 10.2. The summed E-state index contributed by atoms with van der Waals surface area (Å²) >= 11 is 0. The first-order valence-electron chi connectivity index (χ1n) is 11.6. The van der Waals surface area contributed by atoms with Crippen molar-refractivity contribution in [1.29, 1.82) is 0 Å². The van der Waals surface area contributed by atoms with Crippen LogP contribution in [0.5, 0.6) is 11.5 Å². The molecular weight excluding hydrogens is 533 g/mol. The van der Waals surface area contributed by atoms with E-state index in [0.29, 0.717) is 12.6 Å². The molecule has 2 aliphatic rings. The van der Waals surface area contributed by atoms with Crippen molar-refractivity contribution < 1.29 is 9.47 Å². The third kappa shape index (κ3) is 6.42. The molecule has 1 fully saturated rings. The molecule has 9 nitrogen and oxygen atoms in total. The van der Waals surface area contributed by atoms with E-state index in [2.05, 4.69) is 49.4 Å². The summed E-state index contributed by atoms with van der Waals surface area (Å²) in [5.41, 5.74) is 1.11. The summed E-state index contributed by atoms with van der Waals surface area (Å²) in [7, 11) is 3.36. The Balaban J connectivity index is 0.00000306. The molecule has 1 aromatic heterocycles. The zero-order valence-corrected chi connectivity index (χ0v) is 22.2. The summed E-state index contributed by atoms with van der Waals surface area (Å²) in [6.45, 7) is 6.29. The number of halogens is 1. The van der Waals surface area contributed by atoms with Crippen molar-refractivity contribution in [1.82, 2.24) is 25.4 Å². The van der Waals surface area contributed by atoms with Gasteiger partial charge in [-0.2, -0.15) is 0 Å². The number of hydrogen-bond acceptors (Lipinski definition) is 6. The fourth-order valence-corrected chi connectivity index (χ4v) is 4.41. The van der Waals surface area contributed by atoms with Crippen molar-refractivity contribution >= 4 is 35.6 Å². The van der Waals surface area contributed by atoms with E-state index in [1.54, 1.807) is 14.2 Å².